The van der Waals surface area contributed by atoms with Crippen molar-refractivity contribution in [2.24, 2.45) is 16.8 Å². The van der Waals surface area contributed by atoms with Crippen LogP contribution < -0.4 is 0 Å². The Hall–Kier alpha value is -3.48. The highest BCUT2D eigenvalue weighted by Gasteiger charge is 2.57. The minimum atomic E-state index is -0.537. The van der Waals surface area contributed by atoms with Crippen LogP contribution in [0.5, 0.6) is 0 Å². The minimum absolute atomic E-state index is 0.145. The minimum Gasteiger partial charge on any atom is -0.342 e. The van der Waals surface area contributed by atoms with Crippen molar-refractivity contribution in [2.75, 3.05) is 19.6 Å². The monoisotopic (exact) mass is 467 g/mol. The fourth-order valence-corrected chi connectivity index (χ4v) is 5.81. The Bertz CT molecular complexity index is 1400. The van der Waals surface area contributed by atoms with Gasteiger partial charge in [0, 0.05) is 36.5 Å². The molecule has 2 aliphatic carbocycles. The fraction of sp³-hybridized carbons (Fsp3) is 0.429. The zero-order valence-electron chi connectivity index (χ0n) is 20.0. The highest BCUT2D eigenvalue weighted by Crippen LogP contribution is 2.46. The van der Waals surface area contributed by atoms with Gasteiger partial charge in [-0.1, -0.05) is 30.3 Å². The van der Waals surface area contributed by atoms with Gasteiger partial charge in [0.15, 0.2) is 0 Å². The average molecular weight is 468 g/mol. The quantitative estimate of drug-likeness (QED) is 0.618. The number of aromatic nitrogens is 2. The van der Waals surface area contributed by atoms with Crippen LogP contribution in [0.4, 0.5) is 0 Å². The van der Waals surface area contributed by atoms with Crippen molar-refractivity contribution in [3.63, 3.8) is 0 Å². The van der Waals surface area contributed by atoms with E-state index >= 15 is 0 Å². The summed E-state index contributed by atoms with van der Waals surface area (Å²) in [7, 11) is 0. The first-order valence-corrected chi connectivity index (χ1v) is 12.8. The molecule has 0 bridgehead atoms. The number of nitrogens with one attached hydrogen (secondary N) is 1. The predicted octanol–water partition coefficient (Wildman–Crippen LogP) is 3.92. The smallest absolute Gasteiger partial charge is 0.256 e. The predicted molar refractivity (Wildman–Crippen MR) is 134 cm³/mol. The lowest BCUT2D eigenvalue weighted by Gasteiger charge is -2.24. The van der Waals surface area contributed by atoms with Gasteiger partial charge in [0.05, 0.1) is 11.7 Å². The second-order valence-corrected chi connectivity index (χ2v) is 10.8. The molecule has 3 fully saturated rings. The summed E-state index contributed by atoms with van der Waals surface area (Å²) in [5.41, 5.74) is 4.87. The third kappa shape index (κ3) is 3.39. The van der Waals surface area contributed by atoms with Crippen LogP contribution in [0.3, 0.4) is 0 Å². The molecule has 7 rings (SSSR count). The molecule has 1 saturated heterocycles. The number of hydrogen-bond acceptors (Lipinski definition) is 4. The topological polar surface area (TPSA) is 81.7 Å². The molecule has 1 spiro atoms. The Balaban J connectivity index is 1.17. The van der Waals surface area contributed by atoms with E-state index in [-0.39, 0.29) is 11.8 Å². The van der Waals surface area contributed by atoms with Crippen LogP contribution in [-0.2, 0) is 9.59 Å². The molecule has 1 atom stereocenters. The molecule has 3 heterocycles. The van der Waals surface area contributed by atoms with Crippen molar-refractivity contribution in [3.8, 4) is 11.1 Å². The lowest BCUT2D eigenvalue weighted by atomic mass is 9.97. The molecule has 178 valence electrons. The summed E-state index contributed by atoms with van der Waals surface area (Å²) in [6, 6.07) is 12.6. The molecule has 2 amide bonds. The van der Waals surface area contributed by atoms with Crippen LogP contribution in [0.1, 0.15) is 43.2 Å². The second kappa shape index (κ2) is 7.51. The van der Waals surface area contributed by atoms with Gasteiger partial charge >= 0.3 is 0 Å². The molecule has 35 heavy (non-hydrogen) atoms. The molecule has 1 aromatic heterocycles. The third-order valence-corrected chi connectivity index (χ3v) is 8.17. The summed E-state index contributed by atoms with van der Waals surface area (Å²) in [5, 5.41) is 8.34. The number of benzene rings is 2. The Morgan fingerprint density at radius 2 is 2.00 bits per heavy atom. The molecule has 2 saturated carbocycles. The van der Waals surface area contributed by atoms with Gasteiger partial charge in [-0.25, -0.2) is 0 Å². The number of aryl methyl sites for hydroxylation is 1. The lowest BCUT2D eigenvalue weighted by Crippen LogP contribution is -2.41. The SMILES string of the molecule is Cc1cc(-c2cccc3[nH]ncc23)ccc1C1=NC2(CC2)C(=O)N1C[C@@H]1CCN(C(=O)C2CC2)C1. The molecule has 3 aromatic rings. The van der Waals surface area contributed by atoms with Crippen LogP contribution in [0.25, 0.3) is 22.0 Å². The first kappa shape index (κ1) is 20.9. The van der Waals surface area contributed by atoms with Gasteiger partial charge < -0.3 is 4.90 Å². The summed E-state index contributed by atoms with van der Waals surface area (Å²) in [6.07, 6.45) is 6.56. The second-order valence-electron chi connectivity index (χ2n) is 10.8. The Kier molecular flexibility index (Phi) is 4.47. The number of amidine groups is 1. The fourth-order valence-electron chi connectivity index (χ4n) is 5.81. The maximum absolute atomic E-state index is 13.4. The molecule has 0 radical (unpaired) electrons. The Morgan fingerprint density at radius 3 is 2.77 bits per heavy atom. The van der Waals surface area contributed by atoms with Crippen LogP contribution in [0.15, 0.2) is 47.6 Å². The number of hydrogen-bond donors (Lipinski definition) is 1. The van der Waals surface area contributed by atoms with Crippen molar-refractivity contribution in [1.29, 1.82) is 0 Å². The maximum atomic E-state index is 13.4. The van der Waals surface area contributed by atoms with Crippen LogP contribution in [-0.4, -0.2) is 62.8 Å². The van der Waals surface area contributed by atoms with Crippen LogP contribution in [0.2, 0.25) is 0 Å². The van der Waals surface area contributed by atoms with Crippen LogP contribution >= 0.6 is 0 Å². The van der Waals surface area contributed by atoms with Gasteiger partial charge in [0.1, 0.15) is 11.4 Å². The number of fused-ring (bicyclic) bond motifs is 1. The number of nitrogens with zero attached hydrogens (tertiary/aromatic N) is 4. The van der Waals surface area contributed by atoms with Gasteiger partial charge in [0.25, 0.3) is 5.91 Å². The number of aliphatic imine (C=N–C) groups is 1. The molecule has 7 heteroatoms. The third-order valence-electron chi connectivity index (χ3n) is 8.17. The number of likely N-dealkylation sites (tertiary alicyclic amines) is 1. The number of aromatic amines is 1. The summed E-state index contributed by atoms with van der Waals surface area (Å²) in [6.45, 7) is 4.31. The summed E-state index contributed by atoms with van der Waals surface area (Å²) < 4.78 is 0. The van der Waals surface area contributed by atoms with E-state index in [0.717, 1.165) is 84.2 Å². The van der Waals surface area contributed by atoms with E-state index in [9.17, 15) is 9.59 Å². The number of carbonyl (C=O) groups is 2. The van der Waals surface area contributed by atoms with E-state index in [1.54, 1.807) is 0 Å². The average Bonchev–Trinajstić information content (AvgIpc) is 3.74. The summed E-state index contributed by atoms with van der Waals surface area (Å²) in [5.74, 6) is 1.82. The van der Waals surface area contributed by atoms with Crippen molar-refractivity contribution >= 4 is 28.6 Å². The van der Waals surface area contributed by atoms with Crippen molar-refractivity contribution < 1.29 is 9.59 Å². The first-order chi connectivity index (χ1) is 17.0. The van der Waals surface area contributed by atoms with E-state index in [0.29, 0.717) is 18.4 Å². The molecule has 7 nitrogen and oxygen atoms in total. The van der Waals surface area contributed by atoms with Crippen molar-refractivity contribution in [1.82, 2.24) is 20.0 Å². The van der Waals surface area contributed by atoms with E-state index in [4.69, 9.17) is 4.99 Å². The van der Waals surface area contributed by atoms with Gasteiger partial charge in [-0.05, 0) is 67.7 Å². The standard InChI is InChI=1S/C28H29N5O2/c1-17-13-20(22-3-2-4-24-23(22)14-29-31-24)7-8-21(17)25-30-28(10-11-28)27(35)33(25)16-18-9-12-32(15-18)26(34)19-5-6-19/h2-4,7-8,13-14,18-19H,5-6,9-12,15-16H2,1H3,(H,29,31)/t18-/m1/s1. The van der Waals surface area contributed by atoms with Crippen LogP contribution in [0, 0.1) is 18.8 Å². The van der Waals surface area contributed by atoms with Gasteiger partial charge in [-0.2, -0.15) is 5.10 Å². The first-order valence-electron chi connectivity index (χ1n) is 12.8. The number of H-pyrrole nitrogens is 1. The van der Waals surface area contributed by atoms with E-state index in [1.807, 2.05) is 28.1 Å². The highest BCUT2D eigenvalue weighted by molar-refractivity contribution is 6.17. The summed E-state index contributed by atoms with van der Waals surface area (Å²) >= 11 is 0. The number of carbonyl (C=O) groups excluding carboxylic acids is 2. The van der Waals surface area contributed by atoms with Crippen molar-refractivity contribution in [3.05, 3.63) is 53.7 Å². The van der Waals surface area contributed by atoms with Gasteiger partial charge in [0.2, 0.25) is 5.91 Å². The maximum Gasteiger partial charge on any atom is 0.256 e. The normalized spacial score (nSPS) is 22.9. The zero-order chi connectivity index (χ0) is 23.7. The molecule has 2 aromatic carbocycles. The Morgan fingerprint density at radius 1 is 1.14 bits per heavy atom. The van der Waals surface area contributed by atoms with Gasteiger partial charge in [-0.15, -0.1) is 0 Å². The molecule has 1 N–H and O–H groups in total. The van der Waals surface area contributed by atoms with E-state index in [2.05, 4.69) is 41.4 Å². The largest absolute Gasteiger partial charge is 0.342 e. The molecule has 2 aliphatic heterocycles. The van der Waals surface area contributed by atoms with E-state index < -0.39 is 5.54 Å². The molecule has 4 aliphatic rings. The number of amides is 2. The molecule has 0 unspecified atom stereocenters. The summed E-state index contributed by atoms with van der Waals surface area (Å²) in [4.78, 5) is 34.9. The lowest BCUT2D eigenvalue weighted by molar-refractivity contribution is -0.131. The molecular formula is C28H29N5O2. The number of rotatable bonds is 5. The Labute approximate surface area is 204 Å². The van der Waals surface area contributed by atoms with Gasteiger partial charge in [-0.3, -0.25) is 24.6 Å². The van der Waals surface area contributed by atoms with Crippen molar-refractivity contribution in [2.45, 2.75) is 44.6 Å². The zero-order valence-corrected chi connectivity index (χ0v) is 20.0. The molecular weight excluding hydrogens is 438 g/mol. The van der Waals surface area contributed by atoms with E-state index in [1.165, 1.54) is 0 Å². The highest BCUT2D eigenvalue weighted by atomic mass is 16.2.